The zero-order chi connectivity index (χ0) is 16.7. The molecule has 3 aliphatic heterocycles. The van der Waals surface area contributed by atoms with Crippen LogP contribution in [0.2, 0.25) is 0 Å². The quantitative estimate of drug-likeness (QED) is 0.812. The van der Waals surface area contributed by atoms with Gasteiger partial charge in [0, 0.05) is 38.3 Å². The summed E-state index contributed by atoms with van der Waals surface area (Å²) in [5, 5.41) is 4.03. The summed E-state index contributed by atoms with van der Waals surface area (Å²) >= 11 is 0. The van der Waals surface area contributed by atoms with Crippen LogP contribution >= 0.6 is 0 Å². The normalized spacial score (nSPS) is 30.8. The molecule has 3 saturated heterocycles. The van der Waals surface area contributed by atoms with Gasteiger partial charge in [0.2, 0.25) is 5.91 Å². The first kappa shape index (κ1) is 16.1. The fourth-order valence-corrected chi connectivity index (χ4v) is 4.10. The van der Waals surface area contributed by atoms with E-state index in [1.54, 1.807) is 0 Å². The number of likely N-dealkylation sites (tertiary alicyclic amines) is 1. The average Bonchev–Trinajstić information content (AvgIpc) is 3.07. The number of aryl methyl sites for hydroxylation is 2. The van der Waals surface area contributed by atoms with Crippen molar-refractivity contribution in [2.75, 3.05) is 39.4 Å². The van der Waals surface area contributed by atoms with Crippen LogP contribution in [0.25, 0.3) is 0 Å². The highest BCUT2D eigenvalue weighted by atomic mass is 16.5. The van der Waals surface area contributed by atoms with E-state index in [0.29, 0.717) is 26.3 Å². The second-order valence-electron chi connectivity index (χ2n) is 7.07. The Kier molecular flexibility index (Phi) is 4.32. The molecular weight excluding hydrogens is 310 g/mol. The second-order valence-corrected chi connectivity index (χ2v) is 7.07. The van der Waals surface area contributed by atoms with Crippen LogP contribution < -0.4 is 0 Å². The number of rotatable bonds is 3. The van der Waals surface area contributed by atoms with Crippen molar-refractivity contribution in [3.8, 4) is 0 Å². The van der Waals surface area contributed by atoms with Crippen LogP contribution in [0.15, 0.2) is 4.52 Å². The Labute approximate surface area is 141 Å². The van der Waals surface area contributed by atoms with Gasteiger partial charge < -0.3 is 18.9 Å². The first-order valence-corrected chi connectivity index (χ1v) is 8.78. The minimum Gasteiger partial charge on any atom is -0.378 e. The van der Waals surface area contributed by atoms with Gasteiger partial charge in [0.15, 0.2) is 0 Å². The lowest BCUT2D eigenvalue weighted by Gasteiger charge is -2.34. The van der Waals surface area contributed by atoms with Gasteiger partial charge in [0.05, 0.1) is 37.0 Å². The molecule has 1 amide bonds. The minimum absolute atomic E-state index is 0.000401. The summed E-state index contributed by atoms with van der Waals surface area (Å²) in [6.07, 6.45) is 0.984. The van der Waals surface area contributed by atoms with Gasteiger partial charge in [-0.15, -0.1) is 0 Å². The Hall–Kier alpha value is -1.44. The number of aromatic nitrogens is 1. The summed E-state index contributed by atoms with van der Waals surface area (Å²) in [6.45, 7) is 9.10. The number of hydrogen-bond donors (Lipinski definition) is 0. The third kappa shape index (κ3) is 2.96. The van der Waals surface area contributed by atoms with Crippen molar-refractivity contribution in [2.24, 2.45) is 5.92 Å². The summed E-state index contributed by atoms with van der Waals surface area (Å²) in [4.78, 5) is 17.1. The topological polar surface area (TPSA) is 68.0 Å². The molecule has 0 unspecified atom stereocenters. The molecule has 7 heteroatoms. The molecule has 0 N–H and O–H groups in total. The molecule has 3 fully saturated rings. The Bertz CT molecular complexity index is 591. The zero-order valence-corrected chi connectivity index (χ0v) is 14.4. The maximum atomic E-state index is 12.8. The summed E-state index contributed by atoms with van der Waals surface area (Å²) in [7, 11) is 0. The largest absolute Gasteiger partial charge is 0.378 e. The summed E-state index contributed by atoms with van der Waals surface area (Å²) in [5.74, 6) is 1.11. The highest BCUT2D eigenvalue weighted by molar-refractivity contribution is 5.80. The molecule has 132 valence electrons. The molecule has 0 aliphatic carbocycles. The van der Waals surface area contributed by atoms with Crippen LogP contribution in [0.5, 0.6) is 0 Å². The fraction of sp³-hybridized carbons (Fsp3) is 0.765. The van der Waals surface area contributed by atoms with Crippen LogP contribution in [-0.2, 0) is 20.8 Å². The van der Waals surface area contributed by atoms with Gasteiger partial charge in [-0.2, -0.15) is 0 Å². The van der Waals surface area contributed by atoms with E-state index in [4.69, 9.17) is 14.0 Å². The van der Waals surface area contributed by atoms with Gasteiger partial charge >= 0.3 is 0 Å². The SMILES string of the molecule is Cc1noc(C)c1CN1C[C@H]2C[C@H](C(=O)N3CCOCC3)[C@@H](C1)O2. The van der Waals surface area contributed by atoms with Gasteiger partial charge in [0.1, 0.15) is 5.76 Å². The predicted molar refractivity (Wildman–Crippen MR) is 85.4 cm³/mol. The Morgan fingerprint density at radius 2 is 2.04 bits per heavy atom. The third-order valence-corrected chi connectivity index (χ3v) is 5.44. The van der Waals surface area contributed by atoms with Crippen LogP contribution in [0, 0.1) is 19.8 Å². The number of carbonyl (C=O) groups is 1. The van der Waals surface area contributed by atoms with Crippen LogP contribution in [0.3, 0.4) is 0 Å². The molecule has 3 aliphatic rings. The van der Waals surface area contributed by atoms with Gasteiger partial charge in [-0.05, 0) is 20.3 Å². The molecule has 1 aromatic rings. The Balaban J connectivity index is 1.41. The van der Waals surface area contributed by atoms with Crippen molar-refractivity contribution >= 4 is 5.91 Å². The number of carbonyl (C=O) groups excluding carboxylic acids is 1. The van der Waals surface area contributed by atoms with Crippen LogP contribution in [-0.4, -0.2) is 72.5 Å². The predicted octanol–water partition coefficient (Wildman–Crippen LogP) is 0.740. The number of ether oxygens (including phenoxy) is 2. The van der Waals surface area contributed by atoms with Gasteiger partial charge in [-0.25, -0.2) is 0 Å². The van der Waals surface area contributed by atoms with E-state index in [0.717, 1.165) is 43.1 Å². The molecule has 0 spiro atoms. The van der Waals surface area contributed by atoms with Gasteiger partial charge in [-0.1, -0.05) is 5.16 Å². The third-order valence-electron chi connectivity index (χ3n) is 5.44. The number of fused-ring (bicyclic) bond motifs is 2. The zero-order valence-electron chi connectivity index (χ0n) is 14.4. The van der Waals surface area contributed by atoms with Crippen molar-refractivity contribution in [3.05, 3.63) is 17.0 Å². The first-order valence-electron chi connectivity index (χ1n) is 8.78. The molecule has 3 atom stereocenters. The molecule has 0 aromatic carbocycles. The molecule has 0 radical (unpaired) electrons. The number of hydrogen-bond acceptors (Lipinski definition) is 6. The number of amides is 1. The molecule has 4 heterocycles. The molecule has 24 heavy (non-hydrogen) atoms. The summed E-state index contributed by atoms with van der Waals surface area (Å²) in [6, 6.07) is 0. The highest BCUT2D eigenvalue weighted by Gasteiger charge is 2.46. The molecule has 0 saturated carbocycles. The standard InChI is InChI=1S/C17H25N3O4/c1-11-15(12(2)24-18-11)9-19-8-13-7-14(16(10-19)23-13)17(21)20-3-5-22-6-4-20/h13-14,16H,3-10H2,1-2H3/t13-,14+,16-/m1/s1. The molecule has 2 bridgehead atoms. The average molecular weight is 335 g/mol. The molecule has 7 nitrogen and oxygen atoms in total. The minimum atomic E-state index is -0.0113. The van der Waals surface area contributed by atoms with Crippen LogP contribution in [0.1, 0.15) is 23.4 Å². The monoisotopic (exact) mass is 335 g/mol. The van der Waals surface area contributed by atoms with E-state index in [1.165, 1.54) is 0 Å². The van der Waals surface area contributed by atoms with Gasteiger partial charge in [-0.3, -0.25) is 9.69 Å². The number of nitrogens with zero attached hydrogens (tertiary/aromatic N) is 3. The van der Waals surface area contributed by atoms with Crippen molar-refractivity contribution in [1.82, 2.24) is 15.0 Å². The second kappa shape index (κ2) is 6.46. The summed E-state index contributed by atoms with van der Waals surface area (Å²) < 4.78 is 16.7. The van der Waals surface area contributed by atoms with Crippen molar-refractivity contribution in [1.29, 1.82) is 0 Å². The lowest BCUT2D eigenvalue weighted by atomic mass is 9.98. The van der Waals surface area contributed by atoms with E-state index in [9.17, 15) is 4.79 Å². The van der Waals surface area contributed by atoms with Crippen molar-refractivity contribution in [3.63, 3.8) is 0 Å². The molecule has 1 aromatic heterocycles. The lowest BCUT2D eigenvalue weighted by Crippen LogP contribution is -2.48. The van der Waals surface area contributed by atoms with Crippen molar-refractivity contribution in [2.45, 2.75) is 39.0 Å². The van der Waals surface area contributed by atoms with Crippen molar-refractivity contribution < 1.29 is 18.8 Å². The maximum absolute atomic E-state index is 12.8. The Morgan fingerprint density at radius 1 is 1.25 bits per heavy atom. The first-order chi connectivity index (χ1) is 11.6. The lowest BCUT2D eigenvalue weighted by molar-refractivity contribution is -0.142. The highest BCUT2D eigenvalue weighted by Crippen LogP contribution is 2.34. The van der Waals surface area contributed by atoms with E-state index >= 15 is 0 Å². The van der Waals surface area contributed by atoms with E-state index in [2.05, 4.69) is 10.1 Å². The maximum Gasteiger partial charge on any atom is 0.228 e. The Morgan fingerprint density at radius 3 is 2.75 bits per heavy atom. The van der Waals surface area contributed by atoms with E-state index < -0.39 is 0 Å². The molecule has 4 rings (SSSR count). The smallest absolute Gasteiger partial charge is 0.228 e. The summed E-state index contributed by atoms with van der Waals surface area (Å²) in [5.41, 5.74) is 2.11. The van der Waals surface area contributed by atoms with Gasteiger partial charge in [0.25, 0.3) is 0 Å². The van der Waals surface area contributed by atoms with Crippen LogP contribution in [0.4, 0.5) is 0 Å². The number of morpholine rings is 2. The van der Waals surface area contributed by atoms with E-state index in [1.807, 2.05) is 18.7 Å². The molecular formula is C17H25N3O4. The fourth-order valence-electron chi connectivity index (χ4n) is 4.10. The van der Waals surface area contributed by atoms with E-state index in [-0.39, 0.29) is 24.0 Å².